The SMILES string of the molecule is COc1cc([C@H](N2CCNCC2)C(F)(F)CO)c(OC)cc1Br. The molecule has 1 atom stereocenters. The van der Waals surface area contributed by atoms with Crippen LogP contribution in [0, 0.1) is 0 Å². The second kappa shape index (κ2) is 7.74. The number of nitrogens with one attached hydrogen (secondary N) is 1. The average Bonchev–Trinajstić information content (AvgIpc) is 2.56. The number of rotatable bonds is 6. The third kappa shape index (κ3) is 3.93. The summed E-state index contributed by atoms with van der Waals surface area (Å²) >= 11 is 3.33. The molecule has 0 unspecified atom stereocenters. The van der Waals surface area contributed by atoms with Crippen LogP contribution >= 0.6 is 15.9 Å². The molecule has 1 aromatic rings. The van der Waals surface area contributed by atoms with Crippen LogP contribution in [0.1, 0.15) is 11.6 Å². The van der Waals surface area contributed by atoms with Crippen molar-refractivity contribution in [2.24, 2.45) is 0 Å². The summed E-state index contributed by atoms with van der Waals surface area (Å²) in [5.41, 5.74) is 0.300. The molecule has 5 nitrogen and oxygen atoms in total. The van der Waals surface area contributed by atoms with E-state index in [4.69, 9.17) is 9.47 Å². The van der Waals surface area contributed by atoms with Gasteiger partial charge < -0.3 is 19.9 Å². The fraction of sp³-hybridized carbons (Fsp3) is 0.600. The van der Waals surface area contributed by atoms with Gasteiger partial charge in [-0.25, -0.2) is 8.78 Å². The second-order valence-corrected chi connectivity index (χ2v) is 6.19. The lowest BCUT2D eigenvalue weighted by Crippen LogP contribution is -2.51. The van der Waals surface area contributed by atoms with Crippen LogP contribution < -0.4 is 14.8 Å². The number of aliphatic hydroxyl groups is 1. The van der Waals surface area contributed by atoms with Gasteiger partial charge in [0.25, 0.3) is 5.92 Å². The first-order valence-electron chi connectivity index (χ1n) is 7.29. The lowest BCUT2D eigenvalue weighted by atomic mass is 9.97. The minimum Gasteiger partial charge on any atom is -0.496 e. The Labute approximate surface area is 142 Å². The van der Waals surface area contributed by atoms with E-state index in [1.54, 1.807) is 17.0 Å². The molecule has 2 rings (SSSR count). The summed E-state index contributed by atoms with van der Waals surface area (Å²) < 4.78 is 40.2. The zero-order chi connectivity index (χ0) is 17.0. The van der Waals surface area contributed by atoms with E-state index in [-0.39, 0.29) is 0 Å². The van der Waals surface area contributed by atoms with Gasteiger partial charge in [0.05, 0.1) is 18.7 Å². The minimum atomic E-state index is -3.30. The number of benzene rings is 1. The summed E-state index contributed by atoms with van der Waals surface area (Å²) in [6, 6.07) is 1.86. The molecule has 0 amide bonds. The number of methoxy groups -OCH3 is 2. The number of piperazine rings is 1. The molecule has 23 heavy (non-hydrogen) atoms. The zero-order valence-electron chi connectivity index (χ0n) is 13.1. The van der Waals surface area contributed by atoms with Gasteiger partial charge in [-0.2, -0.15) is 0 Å². The Balaban J connectivity index is 2.53. The number of hydrogen-bond donors (Lipinski definition) is 2. The number of hydrogen-bond acceptors (Lipinski definition) is 5. The van der Waals surface area contributed by atoms with Gasteiger partial charge in [0.2, 0.25) is 0 Å². The summed E-state index contributed by atoms with van der Waals surface area (Å²) in [5.74, 6) is -2.53. The smallest absolute Gasteiger partial charge is 0.290 e. The van der Waals surface area contributed by atoms with Gasteiger partial charge in [0.15, 0.2) is 0 Å². The monoisotopic (exact) mass is 394 g/mol. The first kappa shape index (κ1) is 18.4. The van der Waals surface area contributed by atoms with Crippen LogP contribution in [-0.4, -0.2) is 62.9 Å². The number of aliphatic hydroxyl groups excluding tert-OH is 1. The molecule has 8 heteroatoms. The van der Waals surface area contributed by atoms with Crippen LogP contribution in [0.25, 0.3) is 0 Å². The Morgan fingerprint density at radius 2 is 1.87 bits per heavy atom. The number of alkyl halides is 2. The third-order valence-corrected chi connectivity index (χ3v) is 4.55. The molecule has 0 aliphatic carbocycles. The summed E-state index contributed by atoms with van der Waals surface area (Å²) in [7, 11) is 2.91. The van der Waals surface area contributed by atoms with Gasteiger partial charge in [0.1, 0.15) is 24.1 Å². The number of halogens is 3. The molecule has 1 aliphatic rings. The highest BCUT2D eigenvalue weighted by molar-refractivity contribution is 9.10. The van der Waals surface area contributed by atoms with Crippen LogP contribution in [0.3, 0.4) is 0 Å². The van der Waals surface area contributed by atoms with E-state index in [1.807, 2.05) is 0 Å². The van der Waals surface area contributed by atoms with Crippen molar-refractivity contribution in [3.63, 3.8) is 0 Å². The van der Waals surface area contributed by atoms with Crippen LogP contribution in [-0.2, 0) is 0 Å². The topological polar surface area (TPSA) is 54.0 Å². The average molecular weight is 395 g/mol. The first-order chi connectivity index (χ1) is 10.9. The van der Waals surface area contributed by atoms with Crippen molar-refractivity contribution < 1.29 is 23.4 Å². The van der Waals surface area contributed by atoms with E-state index in [1.165, 1.54) is 14.2 Å². The molecule has 0 saturated carbocycles. The van der Waals surface area contributed by atoms with E-state index in [9.17, 15) is 13.9 Å². The van der Waals surface area contributed by atoms with Gasteiger partial charge in [0, 0.05) is 31.7 Å². The molecular weight excluding hydrogens is 374 g/mol. The summed E-state index contributed by atoms with van der Waals surface area (Å²) in [4.78, 5) is 1.66. The molecule has 1 fully saturated rings. The van der Waals surface area contributed by atoms with Crippen molar-refractivity contribution in [3.05, 3.63) is 22.2 Å². The molecule has 1 aromatic carbocycles. The molecule has 0 aromatic heterocycles. The molecule has 0 bridgehead atoms. The largest absolute Gasteiger partial charge is 0.496 e. The van der Waals surface area contributed by atoms with Gasteiger partial charge >= 0.3 is 0 Å². The predicted molar refractivity (Wildman–Crippen MR) is 86.5 cm³/mol. The Kier molecular flexibility index (Phi) is 6.19. The van der Waals surface area contributed by atoms with Crippen molar-refractivity contribution in [1.29, 1.82) is 0 Å². The van der Waals surface area contributed by atoms with Crippen molar-refractivity contribution in [1.82, 2.24) is 10.2 Å². The Morgan fingerprint density at radius 1 is 1.26 bits per heavy atom. The van der Waals surface area contributed by atoms with Crippen LogP contribution in [0.5, 0.6) is 11.5 Å². The third-order valence-electron chi connectivity index (χ3n) is 3.93. The molecule has 0 radical (unpaired) electrons. The molecular formula is C15H21BrF2N2O3. The van der Waals surface area contributed by atoms with Gasteiger partial charge in [-0.3, -0.25) is 4.90 Å². The van der Waals surface area contributed by atoms with E-state index in [2.05, 4.69) is 21.2 Å². The molecule has 130 valence electrons. The maximum Gasteiger partial charge on any atom is 0.290 e. The molecule has 0 spiro atoms. The highest BCUT2D eigenvalue weighted by Gasteiger charge is 2.45. The number of ether oxygens (including phenoxy) is 2. The van der Waals surface area contributed by atoms with Crippen molar-refractivity contribution >= 4 is 15.9 Å². The van der Waals surface area contributed by atoms with E-state index in [0.29, 0.717) is 47.7 Å². The van der Waals surface area contributed by atoms with Crippen LogP contribution in [0.15, 0.2) is 16.6 Å². The quantitative estimate of drug-likeness (QED) is 0.773. The first-order valence-corrected chi connectivity index (χ1v) is 8.08. The summed E-state index contributed by atoms with van der Waals surface area (Å²) in [5, 5.41) is 12.4. The Morgan fingerprint density at radius 3 is 2.39 bits per heavy atom. The van der Waals surface area contributed by atoms with Crippen molar-refractivity contribution in [2.75, 3.05) is 47.0 Å². The van der Waals surface area contributed by atoms with E-state index in [0.717, 1.165) is 0 Å². The zero-order valence-corrected chi connectivity index (χ0v) is 14.7. The molecule has 1 aliphatic heterocycles. The lowest BCUT2D eigenvalue weighted by molar-refractivity contribution is -0.119. The minimum absolute atomic E-state index is 0.300. The normalized spacial score (nSPS) is 17.8. The van der Waals surface area contributed by atoms with Crippen molar-refractivity contribution in [3.8, 4) is 11.5 Å². The highest BCUT2D eigenvalue weighted by atomic mass is 79.9. The summed E-state index contributed by atoms with van der Waals surface area (Å²) in [6.07, 6.45) is 0. The standard InChI is InChI=1S/C15H21BrF2N2O3/c1-22-12-8-11(16)13(23-2)7-10(12)14(15(17,18)9-21)20-5-3-19-4-6-20/h7-8,14,19,21H,3-6,9H2,1-2H3/t14-/m0/s1. The lowest BCUT2D eigenvalue weighted by Gasteiger charge is -2.39. The molecule has 1 saturated heterocycles. The molecule has 1 heterocycles. The Hall–Kier alpha value is -0.960. The van der Waals surface area contributed by atoms with E-state index >= 15 is 0 Å². The summed E-state index contributed by atoms with van der Waals surface area (Å²) in [6.45, 7) is 0.925. The van der Waals surface area contributed by atoms with Gasteiger partial charge in [-0.15, -0.1) is 0 Å². The van der Waals surface area contributed by atoms with Crippen LogP contribution in [0.2, 0.25) is 0 Å². The van der Waals surface area contributed by atoms with E-state index < -0.39 is 18.6 Å². The Bertz CT molecular complexity index is 540. The maximum atomic E-state index is 14.5. The van der Waals surface area contributed by atoms with Crippen molar-refractivity contribution in [2.45, 2.75) is 12.0 Å². The maximum absolute atomic E-state index is 14.5. The fourth-order valence-corrected chi connectivity index (χ4v) is 3.30. The highest BCUT2D eigenvalue weighted by Crippen LogP contribution is 2.44. The predicted octanol–water partition coefficient (Wildman–Crippen LogP) is 2.04. The fourth-order valence-electron chi connectivity index (χ4n) is 2.82. The number of nitrogens with zero attached hydrogens (tertiary/aromatic N) is 1. The second-order valence-electron chi connectivity index (χ2n) is 5.34. The van der Waals surface area contributed by atoms with Gasteiger partial charge in [-0.1, -0.05) is 0 Å². The molecule has 2 N–H and O–H groups in total. The van der Waals surface area contributed by atoms with Crippen LogP contribution in [0.4, 0.5) is 8.78 Å². The van der Waals surface area contributed by atoms with Gasteiger partial charge in [-0.05, 0) is 28.1 Å².